The third-order valence-electron chi connectivity index (χ3n) is 3.05. The standard InChI is InChI=1S/C17H25N3O2S/c1-4-5-9-18-16(22)13-7-6-8-14(11-13)19-17(23)20-15(21)10-12(2)3/h6-8,11-12H,4-5,9-10H2,1-3H3,(H,18,22)(H2,19,20,21,23). The van der Waals surface area contributed by atoms with Gasteiger partial charge in [0.1, 0.15) is 0 Å². The van der Waals surface area contributed by atoms with Crippen LogP contribution in [0.25, 0.3) is 0 Å². The van der Waals surface area contributed by atoms with Gasteiger partial charge >= 0.3 is 0 Å². The number of hydrogen-bond acceptors (Lipinski definition) is 3. The quantitative estimate of drug-likeness (QED) is 0.529. The van der Waals surface area contributed by atoms with Crippen molar-refractivity contribution >= 4 is 34.8 Å². The van der Waals surface area contributed by atoms with E-state index in [0.29, 0.717) is 24.2 Å². The van der Waals surface area contributed by atoms with E-state index in [1.165, 1.54) is 0 Å². The lowest BCUT2D eigenvalue weighted by molar-refractivity contribution is -0.120. The van der Waals surface area contributed by atoms with E-state index in [-0.39, 0.29) is 22.8 Å². The second-order valence-corrected chi connectivity index (χ2v) is 6.20. The highest BCUT2D eigenvalue weighted by Gasteiger charge is 2.09. The number of thiocarbonyl (C=S) groups is 1. The van der Waals surface area contributed by atoms with Crippen LogP contribution in [-0.4, -0.2) is 23.5 Å². The van der Waals surface area contributed by atoms with E-state index in [2.05, 4.69) is 22.9 Å². The summed E-state index contributed by atoms with van der Waals surface area (Å²) in [6.45, 7) is 6.68. The van der Waals surface area contributed by atoms with Gasteiger partial charge in [0.15, 0.2) is 5.11 Å². The largest absolute Gasteiger partial charge is 0.352 e. The van der Waals surface area contributed by atoms with Crippen molar-refractivity contribution in [3.63, 3.8) is 0 Å². The van der Waals surface area contributed by atoms with Crippen molar-refractivity contribution < 1.29 is 9.59 Å². The van der Waals surface area contributed by atoms with Crippen LogP contribution in [0.15, 0.2) is 24.3 Å². The van der Waals surface area contributed by atoms with Gasteiger partial charge in [-0.05, 0) is 42.8 Å². The normalized spacial score (nSPS) is 10.3. The van der Waals surface area contributed by atoms with Crippen molar-refractivity contribution in [3.8, 4) is 0 Å². The molecule has 23 heavy (non-hydrogen) atoms. The predicted octanol–water partition coefficient (Wildman–Crippen LogP) is 3.08. The molecular weight excluding hydrogens is 310 g/mol. The summed E-state index contributed by atoms with van der Waals surface area (Å²) in [6, 6.07) is 7.02. The molecule has 1 aromatic rings. The second kappa shape index (κ2) is 9.94. The Morgan fingerprint density at radius 1 is 1.26 bits per heavy atom. The summed E-state index contributed by atoms with van der Waals surface area (Å²) >= 11 is 5.12. The molecule has 0 radical (unpaired) electrons. The van der Waals surface area contributed by atoms with Crippen LogP contribution >= 0.6 is 12.2 Å². The molecule has 126 valence electrons. The zero-order valence-corrected chi connectivity index (χ0v) is 14.8. The minimum Gasteiger partial charge on any atom is -0.352 e. The molecule has 1 aromatic carbocycles. The Kier molecular flexibility index (Phi) is 8.26. The zero-order valence-electron chi connectivity index (χ0n) is 13.9. The van der Waals surface area contributed by atoms with Crippen molar-refractivity contribution in [1.29, 1.82) is 0 Å². The fourth-order valence-electron chi connectivity index (χ4n) is 1.93. The average molecular weight is 335 g/mol. The fourth-order valence-corrected chi connectivity index (χ4v) is 2.16. The van der Waals surface area contributed by atoms with E-state index in [1.807, 2.05) is 13.8 Å². The van der Waals surface area contributed by atoms with Crippen molar-refractivity contribution in [2.24, 2.45) is 5.92 Å². The number of amides is 2. The van der Waals surface area contributed by atoms with Gasteiger partial charge in [-0.2, -0.15) is 0 Å². The van der Waals surface area contributed by atoms with Gasteiger partial charge in [-0.1, -0.05) is 33.3 Å². The first kappa shape index (κ1) is 19.1. The molecule has 0 saturated carbocycles. The number of benzene rings is 1. The van der Waals surface area contributed by atoms with Gasteiger partial charge in [0, 0.05) is 24.2 Å². The molecule has 3 N–H and O–H groups in total. The second-order valence-electron chi connectivity index (χ2n) is 5.79. The highest BCUT2D eigenvalue weighted by Crippen LogP contribution is 2.11. The van der Waals surface area contributed by atoms with Crippen molar-refractivity contribution in [2.45, 2.75) is 40.0 Å². The number of nitrogens with one attached hydrogen (secondary N) is 3. The first-order valence-electron chi connectivity index (χ1n) is 7.91. The van der Waals surface area contributed by atoms with Crippen molar-refractivity contribution in [3.05, 3.63) is 29.8 Å². The van der Waals surface area contributed by atoms with E-state index < -0.39 is 0 Å². The molecule has 0 heterocycles. The van der Waals surface area contributed by atoms with E-state index >= 15 is 0 Å². The molecule has 0 aliphatic rings. The Morgan fingerprint density at radius 2 is 2.00 bits per heavy atom. The fraction of sp³-hybridized carbons (Fsp3) is 0.471. The summed E-state index contributed by atoms with van der Waals surface area (Å²) in [6.07, 6.45) is 2.41. The number of hydrogen-bond donors (Lipinski definition) is 3. The van der Waals surface area contributed by atoms with Crippen LogP contribution in [0.4, 0.5) is 5.69 Å². The first-order valence-corrected chi connectivity index (χ1v) is 8.32. The van der Waals surface area contributed by atoms with E-state index in [1.54, 1.807) is 24.3 Å². The molecule has 0 fully saturated rings. The molecule has 0 aliphatic carbocycles. The van der Waals surface area contributed by atoms with Crippen molar-refractivity contribution in [2.75, 3.05) is 11.9 Å². The van der Waals surface area contributed by atoms with Crippen LogP contribution in [0.5, 0.6) is 0 Å². The van der Waals surface area contributed by atoms with Crippen LogP contribution in [0, 0.1) is 5.92 Å². The third kappa shape index (κ3) is 7.74. The molecule has 0 saturated heterocycles. The molecule has 1 rings (SSSR count). The maximum absolute atomic E-state index is 12.0. The lowest BCUT2D eigenvalue weighted by atomic mass is 10.1. The molecule has 0 unspecified atom stereocenters. The molecule has 0 spiro atoms. The molecule has 5 nitrogen and oxygen atoms in total. The van der Waals surface area contributed by atoms with Gasteiger partial charge in [0.2, 0.25) is 5.91 Å². The van der Waals surface area contributed by atoms with Gasteiger partial charge in [-0.15, -0.1) is 0 Å². The minimum atomic E-state index is -0.119. The molecule has 6 heteroatoms. The monoisotopic (exact) mass is 335 g/mol. The third-order valence-corrected chi connectivity index (χ3v) is 3.25. The average Bonchev–Trinajstić information content (AvgIpc) is 2.46. The van der Waals surface area contributed by atoms with Gasteiger partial charge in [-0.25, -0.2) is 0 Å². The number of carbonyl (C=O) groups is 2. The summed E-state index contributed by atoms with van der Waals surface area (Å²) in [5.41, 5.74) is 1.23. The van der Waals surface area contributed by atoms with Gasteiger partial charge < -0.3 is 16.0 Å². The highest BCUT2D eigenvalue weighted by molar-refractivity contribution is 7.80. The number of anilines is 1. The number of rotatable bonds is 7. The topological polar surface area (TPSA) is 70.2 Å². The van der Waals surface area contributed by atoms with Crippen LogP contribution < -0.4 is 16.0 Å². The smallest absolute Gasteiger partial charge is 0.251 e. The van der Waals surface area contributed by atoms with Crippen LogP contribution in [-0.2, 0) is 4.79 Å². The molecule has 2 amide bonds. The maximum atomic E-state index is 12.0. The molecule has 0 aromatic heterocycles. The zero-order chi connectivity index (χ0) is 17.2. The Hall–Kier alpha value is -1.95. The summed E-state index contributed by atoms with van der Waals surface area (Å²) < 4.78 is 0. The first-order chi connectivity index (χ1) is 10.9. The van der Waals surface area contributed by atoms with E-state index in [4.69, 9.17) is 12.2 Å². The summed E-state index contributed by atoms with van der Waals surface area (Å²) in [5, 5.41) is 8.66. The predicted molar refractivity (Wildman–Crippen MR) is 97.5 cm³/mol. The Balaban J connectivity index is 2.57. The van der Waals surface area contributed by atoms with Gasteiger partial charge in [0.05, 0.1) is 0 Å². The van der Waals surface area contributed by atoms with E-state index in [9.17, 15) is 9.59 Å². The summed E-state index contributed by atoms with van der Waals surface area (Å²) in [7, 11) is 0. The Bertz CT molecular complexity index is 559. The molecule has 0 atom stereocenters. The summed E-state index contributed by atoms with van der Waals surface area (Å²) in [5.74, 6) is 0.0377. The number of unbranched alkanes of at least 4 members (excludes halogenated alkanes) is 1. The van der Waals surface area contributed by atoms with Gasteiger partial charge in [0.25, 0.3) is 5.91 Å². The lowest BCUT2D eigenvalue weighted by Gasteiger charge is -2.11. The minimum absolute atomic E-state index is 0.114. The Morgan fingerprint density at radius 3 is 2.65 bits per heavy atom. The van der Waals surface area contributed by atoms with Crippen LogP contribution in [0.1, 0.15) is 50.4 Å². The summed E-state index contributed by atoms with van der Waals surface area (Å²) in [4.78, 5) is 23.7. The lowest BCUT2D eigenvalue weighted by Crippen LogP contribution is -2.34. The number of carbonyl (C=O) groups excluding carboxylic acids is 2. The molecular formula is C17H25N3O2S. The highest BCUT2D eigenvalue weighted by atomic mass is 32.1. The van der Waals surface area contributed by atoms with Crippen LogP contribution in [0.3, 0.4) is 0 Å². The van der Waals surface area contributed by atoms with Crippen LogP contribution in [0.2, 0.25) is 0 Å². The SMILES string of the molecule is CCCCNC(=O)c1cccc(NC(=S)NC(=O)CC(C)C)c1. The maximum Gasteiger partial charge on any atom is 0.251 e. The molecule has 0 bridgehead atoms. The Labute approximate surface area is 143 Å². The van der Waals surface area contributed by atoms with Gasteiger partial charge in [-0.3, -0.25) is 9.59 Å². The molecule has 0 aliphatic heterocycles. The van der Waals surface area contributed by atoms with E-state index in [0.717, 1.165) is 12.8 Å². The van der Waals surface area contributed by atoms with Crippen molar-refractivity contribution in [1.82, 2.24) is 10.6 Å².